The average Bonchev–Trinajstić information content (AvgIpc) is 3.24. The van der Waals surface area contributed by atoms with Crippen LogP contribution >= 0.6 is 24.8 Å². The largest absolute Gasteiger partial charge is 0.340 e. The molecule has 0 spiro atoms. The Bertz CT molecular complexity index is 286. The third-order valence-corrected chi connectivity index (χ3v) is 4.34. The van der Waals surface area contributed by atoms with E-state index in [4.69, 9.17) is 0 Å². The number of rotatable bonds is 2. The van der Waals surface area contributed by atoms with Gasteiger partial charge < -0.3 is 10.2 Å². The summed E-state index contributed by atoms with van der Waals surface area (Å²) >= 11 is 0. The van der Waals surface area contributed by atoms with Crippen molar-refractivity contribution in [3.05, 3.63) is 0 Å². The monoisotopic (exact) mass is 309 g/mol. The molecule has 1 N–H and O–H groups in total. The van der Waals surface area contributed by atoms with Gasteiger partial charge in [0.15, 0.2) is 0 Å². The van der Waals surface area contributed by atoms with Crippen LogP contribution < -0.4 is 5.32 Å². The predicted octanol–water partition coefficient (Wildman–Crippen LogP) is 1.14. The van der Waals surface area contributed by atoms with Crippen molar-refractivity contribution in [2.75, 3.05) is 39.3 Å². The number of piperazine rings is 1. The molecule has 0 aromatic rings. The van der Waals surface area contributed by atoms with E-state index in [1.807, 2.05) is 0 Å². The van der Waals surface area contributed by atoms with Crippen LogP contribution in [0.5, 0.6) is 0 Å². The van der Waals surface area contributed by atoms with Crippen molar-refractivity contribution in [2.45, 2.75) is 31.7 Å². The first-order chi connectivity index (χ1) is 8.34. The predicted molar refractivity (Wildman–Crippen MR) is 81.3 cm³/mol. The van der Waals surface area contributed by atoms with E-state index in [0.717, 1.165) is 58.2 Å². The number of hydrogen-bond acceptors (Lipinski definition) is 3. The minimum absolute atomic E-state index is 0. The van der Waals surface area contributed by atoms with Gasteiger partial charge in [0.25, 0.3) is 0 Å². The molecule has 0 bridgehead atoms. The molecular weight excluding hydrogens is 285 g/mol. The van der Waals surface area contributed by atoms with Gasteiger partial charge in [0.2, 0.25) is 5.91 Å². The third kappa shape index (κ3) is 4.22. The number of amides is 1. The van der Waals surface area contributed by atoms with E-state index in [0.29, 0.717) is 5.91 Å². The molecular formula is C13H25Cl2N3O. The van der Waals surface area contributed by atoms with Crippen LogP contribution in [0.3, 0.4) is 0 Å². The Morgan fingerprint density at radius 3 is 2.21 bits per heavy atom. The maximum absolute atomic E-state index is 12.3. The number of carbonyl (C=O) groups excluding carboxylic acids is 1. The van der Waals surface area contributed by atoms with Crippen LogP contribution in [0.25, 0.3) is 0 Å². The standard InChI is InChI=1S/C13H23N3O.2ClH/c17-13(11-2-1-5-14-10-11)16-8-6-15(7-9-16)12-3-4-12;;/h11-12,14H,1-10H2;2*1H. The summed E-state index contributed by atoms with van der Waals surface area (Å²) in [7, 11) is 0. The van der Waals surface area contributed by atoms with Gasteiger partial charge >= 0.3 is 0 Å². The highest BCUT2D eigenvalue weighted by molar-refractivity contribution is 5.85. The fourth-order valence-electron chi connectivity index (χ4n) is 3.07. The summed E-state index contributed by atoms with van der Waals surface area (Å²) in [6, 6.07) is 0.851. The normalized spacial score (nSPS) is 28.2. The minimum atomic E-state index is 0. The Balaban J connectivity index is 0.000000902. The second-order valence-electron chi connectivity index (χ2n) is 5.64. The molecule has 3 rings (SSSR count). The molecule has 4 nitrogen and oxygen atoms in total. The SMILES string of the molecule is Cl.Cl.O=C(C1CCCNC1)N1CCN(C2CC2)CC1. The van der Waals surface area contributed by atoms with Gasteiger partial charge in [0, 0.05) is 38.8 Å². The van der Waals surface area contributed by atoms with Gasteiger partial charge in [-0.15, -0.1) is 24.8 Å². The summed E-state index contributed by atoms with van der Waals surface area (Å²) in [4.78, 5) is 17.0. The fourth-order valence-corrected chi connectivity index (χ4v) is 3.07. The Kier molecular flexibility index (Phi) is 6.87. The molecule has 0 aromatic carbocycles. The second kappa shape index (κ2) is 7.67. The molecule has 0 radical (unpaired) electrons. The molecule has 19 heavy (non-hydrogen) atoms. The number of carbonyl (C=O) groups is 1. The summed E-state index contributed by atoms with van der Waals surface area (Å²) < 4.78 is 0. The van der Waals surface area contributed by atoms with Gasteiger partial charge in [-0.1, -0.05) is 0 Å². The molecule has 0 aromatic heterocycles. The highest BCUT2D eigenvalue weighted by Gasteiger charge is 2.33. The molecule has 2 aliphatic heterocycles. The minimum Gasteiger partial charge on any atom is -0.340 e. The third-order valence-electron chi connectivity index (χ3n) is 4.34. The summed E-state index contributed by atoms with van der Waals surface area (Å²) in [5, 5.41) is 3.33. The maximum atomic E-state index is 12.3. The van der Waals surface area contributed by atoms with Gasteiger partial charge in [-0.3, -0.25) is 9.69 Å². The van der Waals surface area contributed by atoms with E-state index >= 15 is 0 Å². The quantitative estimate of drug-likeness (QED) is 0.831. The lowest BCUT2D eigenvalue weighted by atomic mass is 9.98. The first kappa shape index (κ1) is 17.0. The van der Waals surface area contributed by atoms with E-state index in [9.17, 15) is 4.79 Å². The van der Waals surface area contributed by atoms with Crippen molar-refractivity contribution in [3.63, 3.8) is 0 Å². The van der Waals surface area contributed by atoms with Gasteiger partial charge in [0.05, 0.1) is 5.92 Å². The second-order valence-corrected chi connectivity index (χ2v) is 5.64. The van der Waals surface area contributed by atoms with Crippen LogP contribution in [0.2, 0.25) is 0 Å². The van der Waals surface area contributed by atoms with E-state index < -0.39 is 0 Å². The van der Waals surface area contributed by atoms with Crippen LogP contribution in [-0.4, -0.2) is 61.0 Å². The summed E-state index contributed by atoms with van der Waals surface area (Å²) in [5.74, 6) is 0.642. The van der Waals surface area contributed by atoms with Crippen LogP contribution in [0, 0.1) is 5.92 Å². The first-order valence-corrected chi connectivity index (χ1v) is 7.08. The number of nitrogens with zero attached hydrogens (tertiary/aromatic N) is 2. The van der Waals surface area contributed by atoms with Crippen LogP contribution in [-0.2, 0) is 4.79 Å². The van der Waals surface area contributed by atoms with Crippen molar-refractivity contribution in [1.82, 2.24) is 15.1 Å². The van der Waals surface area contributed by atoms with Crippen molar-refractivity contribution in [3.8, 4) is 0 Å². The molecule has 6 heteroatoms. The molecule has 1 aliphatic carbocycles. The zero-order valence-electron chi connectivity index (χ0n) is 11.3. The maximum Gasteiger partial charge on any atom is 0.227 e. The zero-order chi connectivity index (χ0) is 11.7. The topological polar surface area (TPSA) is 35.6 Å². The lowest BCUT2D eigenvalue weighted by Crippen LogP contribution is -2.52. The highest BCUT2D eigenvalue weighted by Crippen LogP contribution is 2.27. The van der Waals surface area contributed by atoms with Gasteiger partial charge in [0.1, 0.15) is 0 Å². The van der Waals surface area contributed by atoms with E-state index in [2.05, 4.69) is 15.1 Å². The zero-order valence-corrected chi connectivity index (χ0v) is 13.0. The van der Waals surface area contributed by atoms with E-state index in [1.54, 1.807) is 0 Å². The van der Waals surface area contributed by atoms with Crippen molar-refractivity contribution >= 4 is 30.7 Å². The first-order valence-electron chi connectivity index (χ1n) is 7.08. The molecule has 2 saturated heterocycles. The fraction of sp³-hybridized carbons (Fsp3) is 0.923. The van der Waals surface area contributed by atoms with Crippen molar-refractivity contribution in [1.29, 1.82) is 0 Å². The van der Waals surface area contributed by atoms with Gasteiger partial charge in [-0.05, 0) is 32.2 Å². The molecule has 3 aliphatic rings. The highest BCUT2D eigenvalue weighted by atomic mass is 35.5. The van der Waals surface area contributed by atoms with Crippen molar-refractivity contribution in [2.24, 2.45) is 5.92 Å². The smallest absolute Gasteiger partial charge is 0.227 e. The summed E-state index contributed by atoms with van der Waals surface area (Å²) in [6.07, 6.45) is 4.98. The molecule has 2 heterocycles. The van der Waals surface area contributed by atoms with Crippen molar-refractivity contribution < 1.29 is 4.79 Å². The van der Waals surface area contributed by atoms with E-state index in [1.165, 1.54) is 12.8 Å². The average molecular weight is 310 g/mol. The molecule has 3 fully saturated rings. The van der Waals surface area contributed by atoms with Crippen LogP contribution in [0.4, 0.5) is 0 Å². The molecule has 1 amide bonds. The molecule has 1 atom stereocenters. The molecule has 112 valence electrons. The Hall–Kier alpha value is -0.0300. The van der Waals surface area contributed by atoms with Crippen LogP contribution in [0.15, 0.2) is 0 Å². The van der Waals surface area contributed by atoms with E-state index in [-0.39, 0.29) is 30.7 Å². The molecule has 1 saturated carbocycles. The lowest BCUT2D eigenvalue weighted by Gasteiger charge is -2.37. The number of nitrogens with one attached hydrogen (secondary N) is 1. The molecule has 1 unspecified atom stereocenters. The van der Waals surface area contributed by atoms with Crippen LogP contribution in [0.1, 0.15) is 25.7 Å². The Morgan fingerprint density at radius 1 is 1.00 bits per heavy atom. The van der Waals surface area contributed by atoms with Gasteiger partial charge in [-0.25, -0.2) is 0 Å². The van der Waals surface area contributed by atoms with Gasteiger partial charge in [-0.2, -0.15) is 0 Å². The number of halogens is 2. The summed E-state index contributed by atoms with van der Waals surface area (Å²) in [6.45, 7) is 6.06. The summed E-state index contributed by atoms with van der Waals surface area (Å²) in [5.41, 5.74) is 0. The Labute approximate surface area is 128 Å². The number of piperidine rings is 1. The Morgan fingerprint density at radius 2 is 1.68 bits per heavy atom. The number of hydrogen-bond donors (Lipinski definition) is 1. The lowest BCUT2D eigenvalue weighted by molar-refractivity contribution is -0.137.